The SMILES string of the molecule is Cc1n[nH]c(C)c1-c1ccc(NC(=O)[C@@H](NC(=O)c2conc2C(C)C)C(C2CC2)C2CC2)nc1F. The third kappa shape index (κ3) is 4.76. The Balaban J connectivity index is 1.39. The molecule has 0 aliphatic heterocycles. The van der Waals surface area contributed by atoms with Gasteiger partial charge in [0.15, 0.2) is 0 Å². The highest BCUT2D eigenvalue weighted by atomic mass is 19.1. The molecule has 3 heterocycles. The van der Waals surface area contributed by atoms with Gasteiger partial charge >= 0.3 is 0 Å². The maximum absolute atomic E-state index is 15.0. The largest absolute Gasteiger partial charge is 0.364 e. The van der Waals surface area contributed by atoms with Crippen molar-refractivity contribution in [2.24, 2.45) is 17.8 Å². The smallest absolute Gasteiger partial charge is 0.257 e. The van der Waals surface area contributed by atoms with E-state index < -0.39 is 23.8 Å². The summed E-state index contributed by atoms with van der Waals surface area (Å²) in [5.41, 5.74) is 3.24. The van der Waals surface area contributed by atoms with Crippen molar-refractivity contribution in [1.82, 2.24) is 25.7 Å². The van der Waals surface area contributed by atoms with E-state index in [2.05, 4.69) is 31.0 Å². The van der Waals surface area contributed by atoms with E-state index in [-0.39, 0.29) is 17.7 Å². The zero-order valence-electron chi connectivity index (χ0n) is 20.9. The average molecular weight is 495 g/mol. The molecule has 190 valence electrons. The molecule has 0 aromatic carbocycles. The first-order valence-corrected chi connectivity index (χ1v) is 12.5. The molecule has 0 unspecified atom stereocenters. The lowest BCUT2D eigenvalue weighted by atomic mass is 9.88. The van der Waals surface area contributed by atoms with E-state index in [1.54, 1.807) is 19.1 Å². The molecular formula is C26H31FN6O3. The predicted molar refractivity (Wildman–Crippen MR) is 131 cm³/mol. The minimum Gasteiger partial charge on any atom is -0.364 e. The molecule has 36 heavy (non-hydrogen) atoms. The summed E-state index contributed by atoms with van der Waals surface area (Å²) in [6, 6.07) is 2.39. The van der Waals surface area contributed by atoms with E-state index in [4.69, 9.17) is 4.52 Å². The van der Waals surface area contributed by atoms with Crippen LogP contribution in [0.4, 0.5) is 10.2 Å². The zero-order chi connectivity index (χ0) is 25.6. The Morgan fingerprint density at radius 1 is 1.14 bits per heavy atom. The highest BCUT2D eigenvalue weighted by Gasteiger charge is 2.48. The van der Waals surface area contributed by atoms with Gasteiger partial charge in [-0.1, -0.05) is 19.0 Å². The second-order valence-electron chi connectivity index (χ2n) is 10.3. The van der Waals surface area contributed by atoms with Crippen LogP contribution in [0.1, 0.15) is 72.9 Å². The topological polar surface area (TPSA) is 126 Å². The van der Waals surface area contributed by atoms with Gasteiger partial charge in [0.1, 0.15) is 23.7 Å². The van der Waals surface area contributed by atoms with Crippen LogP contribution >= 0.6 is 0 Å². The number of aromatic nitrogens is 4. The first-order valence-electron chi connectivity index (χ1n) is 12.5. The first kappa shape index (κ1) is 24.1. The van der Waals surface area contributed by atoms with Crippen molar-refractivity contribution in [3.8, 4) is 11.1 Å². The van der Waals surface area contributed by atoms with Crippen molar-refractivity contribution in [1.29, 1.82) is 0 Å². The minimum absolute atomic E-state index is 0.00683. The van der Waals surface area contributed by atoms with Crippen LogP contribution in [0, 0.1) is 37.5 Å². The number of pyridine rings is 1. The fourth-order valence-corrected chi connectivity index (χ4v) is 5.12. The summed E-state index contributed by atoms with van der Waals surface area (Å²) in [5, 5.41) is 16.6. The molecule has 2 aliphatic rings. The van der Waals surface area contributed by atoms with Gasteiger partial charge in [0.2, 0.25) is 11.9 Å². The second-order valence-corrected chi connectivity index (χ2v) is 10.3. The van der Waals surface area contributed by atoms with Crippen molar-refractivity contribution in [2.45, 2.75) is 65.3 Å². The van der Waals surface area contributed by atoms with Gasteiger partial charge in [-0.25, -0.2) is 4.98 Å². The highest BCUT2D eigenvalue weighted by Crippen LogP contribution is 2.51. The number of aryl methyl sites for hydroxylation is 2. The molecule has 9 nitrogen and oxygen atoms in total. The molecule has 2 saturated carbocycles. The van der Waals surface area contributed by atoms with Crippen LogP contribution in [0.5, 0.6) is 0 Å². The Hall–Kier alpha value is -3.56. The standard InChI is InChI=1S/C26H31FN6O3/c1-12(2)22-18(11-36-33-22)25(34)30-23(21(15-5-6-15)16-7-8-16)26(35)29-19-10-9-17(24(27)28-19)20-13(3)31-32-14(20)4/h9-12,15-16,21,23H,5-8H2,1-4H3,(H,30,34)(H,31,32)(H,28,29,35)/t23-/m0/s1. The lowest BCUT2D eigenvalue weighted by Gasteiger charge is -2.27. The number of rotatable bonds is 9. The Bertz CT molecular complexity index is 1260. The number of nitrogens with one attached hydrogen (secondary N) is 3. The number of nitrogens with zero attached hydrogens (tertiary/aromatic N) is 3. The van der Waals surface area contributed by atoms with Gasteiger partial charge in [-0.3, -0.25) is 14.7 Å². The maximum atomic E-state index is 15.0. The molecule has 3 N–H and O–H groups in total. The normalized spacial score (nSPS) is 16.4. The molecule has 2 fully saturated rings. The number of halogens is 1. The van der Waals surface area contributed by atoms with Crippen LogP contribution in [0.3, 0.4) is 0 Å². The molecule has 0 radical (unpaired) electrons. The Labute approximate surface area is 208 Å². The molecule has 1 atom stereocenters. The van der Waals surface area contributed by atoms with Crippen LogP contribution in [0.15, 0.2) is 22.9 Å². The number of carbonyl (C=O) groups excluding carboxylic acids is 2. The van der Waals surface area contributed by atoms with Gasteiger partial charge in [0, 0.05) is 16.8 Å². The molecular weight excluding hydrogens is 463 g/mol. The summed E-state index contributed by atoms with van der Waals surface area (Å²) in [6.07, 6.45) is 5.47. The molecule has 10 heteroatoms. The molecule has 0 spiro atoms. The molecule has 2 aliphatic carbocycles. The first-order chi connectivity index (χ1) is 17.2. The number of aromatic amines is 1. The van der Waals surface area contributed by atoms with E-state index in [0.717, 1.165) is 31.4 Å². The van der Waals surface area contributed by atoms with Gasteiger partial charge in [0.25, 0.3) is 5.91 Å². The summed E-state index contributed by atoms with van der Waals surface area (Å²) in [7, 11) is 0. The van der Waals surface area contributed by atoms with E-state index >= 15 is 0 Å². The molecule has 2 amide bonds. The number of H-pyrrole nitrogens is 1. The van der Waals surface area contributed by atoms with Gasteiger partial charge < -0.3 is 15.2 Å². The number of anilines is 1. The van der Waals surface area contributed by atoms with Gasteiger partial charge in [-0.15, -0.1) is 0 Å². The monoisotopic (exact) mass is 494 g/mol. The highest BCUT2D eigenvalue weighted by molar-refractivity contribution is 6.01. The number of amides is 2. The van der Waals surface area contributed by atoms with Crippen molar-refractivity contribution in [3.05, 3.63) is 47.0 Å². The summed E-state index contributed by atoms with van der Waals surface area (Å²) < 4.78 is 20.0. The lowest BCUT2D eigenvalue weighted by Crippen LogP contribution is -2.50. The van der Waals surface area contributed by atoms with Gasteiger partial charge in [0.05, 0.1) is 11.4 Å². The third-order valence-electron chi connectivity index (χ3n) is 7.17. The maximum Gasteiger partial charge on any atom is 0.257 e. The van der Waals surface area contributed by atoms with E-state index in [0.29, 0.717) is 39.9 Å². The fraction of sp³-hybridized carbons (Fsp3) is 0.500. The lowest BCUT2D eigenvalue weighted by molar-refractivity contribution is -0.119. The number of hydrogen-bond acceptors (Lipinski definition) is 6. The predicted octanol–water partition coefficient (Wildman–Crippen LogP) is 4.51. The quantitative estimate of drug-likeness (QED) is 0.376. The number of carbonyl (C=O) groups is 2. The van der Waals surface area contributed by atoms with Crippen LogP contribution in [-0.2, 0) is 4.79 Å². The molecule has 0 saturated heterocycles. The minimum atomic E-state index is -0.768. The molecule has 3 aromatic heterocycles. The summed E-state index contributed by atoms with van der Waals surface area (Å²) >= 11 is 0. The Morgan fingerprint density at radius 3 is 2.39 bits per heavy atom. The fourth-order valence-electron chi connectivity index (χ4n) is 5.12. The van der Waals surface area contributed by atoms with Crippen LogP contribution in [-0.4, -0.2) is 38.2 Å². The second kappa shape index (κ2) is 9.48. The van der Waals surface area contributed by atoms with Gasteiger partial charge in [-0.2, -0.15) is 9.49 Å². The number of hydrogen-bond donors (Lipinski definition) is 3. The third-order valence-corrected chi connectivity index (χ3v) is 7.17. The summed E-state index contributed by atoms with van der Waals surface area (Å²) in [5.74, 6) is -0.606. The average Bonchev–Trinajstić information content (AvgIpc) is 3.76. The Morgan fingerprint density at radius 2 is 1.83 bits per heavy atom. The molecule has 0 bridgehead atoms. The van der Waals surface area contributed by atoms with Crippen LogP contribution in [0.25, 0.3) is 11.1 Å². The van der Waals surface area contributed by atoms with Crippen molar-refractivity contribution in [2.75, 3.05) is 5.32 Å². The summed E-state index contributed by atoms with van der Waals surface area (Å²) in [4.78, 5) is 30.7. The molecule has 5 rings (SSSR count). The Kier molecular flexibility index (Phi) is 6.36. The zero-order valence-corrected chi connectivity index (χ0v) is 20.9. The van der Waals surface area contributed by atoms with Crippen molar-refractivity contribution < 1.29 is 18.5 Å². The summed E-state index contributed by atoms with van der Waals surface area (Å²) in [6.45, 7) is 7.45. The van der Waals surface area contributed by atoms with E-state index in [9.17, 15) is 14.0 Å². The van der Waals surface area contributed by atoms with Gasteiger partial charge in [-0.05, 0) is 75.3 Å². The van der Waals surface area contributed by atoms with Crippen LogP contribution in [0.2, 0.25) is 0 Å². The van der Waals surface area contributed by atoms with E-state index in [1.807, 2.05) is 20.8 Å². The molecule has 3 aromatic rings. The van der Waals surface area contributed by atoms with Crippen molar-refractivity contribution in [3.63, 3.8) is 0 Å². The van der Waals surface area contributed by atoms with Crippen molar-refractivity contribution >= 4 is 17.6 Å². The van der Waals surface area contributed by atoms with Crippen LogP contribution < -0.4 is 10.6 Å². The van der Waals surface area contributed by atoms with E-state index in [1.165, 1.54) is 6.26 Å².